The first-order valence-electron chi connectivity index (χ1n) is 12.5. The van der Waals surface area contributed by atoms with Gasteiger partial charge < -0.3 is 10.2 Å². The molecular formula is C27H35Cl2N3O4S. The fourth-order valence-electron chi connectivity index (χ4n) is 4.83. The van der Waals surface area contributed by atoms with Crippen molar-refractivity contribution in [3.8, 4) is 0 Å². The van der Waals surface area contributed by atoms with Gasteiger partial charge in [-0.05, 0) is 74.1 Å². The molecule has 7 nitrogen and oxygen atoms in total. The van der Waals surface area contributed by atoms with Crippen molar-refractivity contribution in [1.82, 2.24) is 10.2 Å². The number of nitrogens with one attached hydrogen (secondary N) is 1. The van der Waals surface area contributed by atoms with Gasteiger partial charge in [0.15, 0.2) is 0 Å². The highest BCUT2D eigenvalue weighted by molar-refractivity contribution is 7.92. The van der Waals surface area contributed by atoms with Gasteiger partial charge in [0.1, 0.15) is 12.6 Å². The molecule has 0 heterocycles. The lowest BCUT2D eigenvalue weighted by Gasteiger charge is -2.33. The molecule has 0 unspecified atom stereocenters. The van der Waals surface area contributed by atoms with Gasteiger partial charge in [-0.2, -0.15) is 0 Å². The first-order chi connectivity index (χ1) is 17.4. The average Bonchev–Trinajstić information content (AvgIpc) is 3.30. The molecular weight excluding hydrogens is 533 g/mol. The minimum atomic E-state index is -3.80. The summed E-state index contributed by atoms with van der Waals surface area (Å²) >= 11 is 12.5. The molecule has 1 N–H and O–H groups in total. The standard InChI is InChI=1S/C27H35Cl2N3O4S/c1-5-25(27(34)30-22-8-6-7-9-22)31(16-20-10-11-21(28)15-24(20)29)26(33)17-32(37(4,35)36)23-13-18(2)12-19(3)14-23/h10-15,22,25H,5-9,16-17H2,1-4H3,(H,30,34)/t25-/m0/s1. The van der Waals surface area contributed by atoms with Crippen molar-refractivity contribution in [3.63, 3.8) is 0 Å². The van der Waals surface area contributed by atoms with Crippen LogP contribution in [0, 0.1) is 13.8 Å². The third-order valence-electron chi connectivity index (χ3n) is 6.62. The third kappa shape index (κ3) is 7.85. The van der Waals surface area contributed by atoms with Crippen LogP contribution in [0.4, 0.5) is 5.69 Å². The minimum Gasteiger partial charge on any atom is -0.352 e. The average molecular weight is 569 g/mol. The normalized spacial score (nSPS) is 14.9. The van der Waals surface area contributed by atoms with Crippen molar-refractivity contribution in [2.45, 2.75) is 71.5 Å². The van der Waals surface area contributed by atoms with Crippen molar-refractivity contribution in [2.24, 2.45) is 0 Å². The van der Waals surface area contributed by atoms with Gasteiger partial charge in [0, 0.05) is 22.6 Å². The largest absolute Gasteiger partial charge is 0.352 e. The molecule has 0 aliphatic heterocycles. The Bertz CT molecular complexity index is 1230. The molecule has 0 radical (unpaired) electrons. The van der Waals surface area contributed by atoms with Crippen molar-refractivity contribution in [1.29, 1.82) is 0 Å². The molecule has 1 saturated carbocycles. The number of carbonyl (C=O) groups excluding carboxylic acids is 2. The van der Waals surface area contributed by atoms with Gasteiger partial charge in [-0.25, -0.2) is 8.42 Å². The van der Waals surface area contributed by atoms with E-state index in [1.165, 1.54) is 4.90 Å². The van der Waals surface area contributed by atoms with Gasteiger partial charge >= 0.3 is 0 Å². The molecule has 0 aromatic heterocycles. The number of nitrogens with zero attached hydrogens (tertiary/aromatic N) is 2. The van der Waals surface area contributed by atoms with Gasteiger partial charge in [-0.3, -0.25) is 13.9 Å². The number of sulfonamides is 1. The predicted octanol–water partition coefficient (Wildman–Crippen LogP) is 5.24. The molecule has 1 aliphatic carbocycles. The summed E-state index contributed by atoms with van der Waals surface area (Å²) in [4.78, 5) is 28.6. The van der Waals surface area contributed by atoms with Crippen LogP contribution < -0.4 is 9.62 Å². The van der Waals surface area contributed by atoms with Crippen LogP contribution in [0.5, 0.6) is 0 Å². The van der Waals surface area contributed by atoms with Gasteiger partial charge in [-0.15, -0.1) is 0 Å². The minimum absolute atomic E-state index is 0.0376. The molecule has 0 spiro atoms. The van der Waals surface area contributed by atoms with Gasteiger partial charge in [0.25, 0.3) is 0 Å². The summed E-state index contributed by atoms with van der Waals surface area (Å²) < 4.78 is 26.7. The van der Waals surface area contributed by atoms with Gasteiger partial charge in [0.2, 0.25) is 21.8 Å². The highest BCUT2D eigenvalue weighted by Crippen LogP contribution is 2.26. The van der Waals surface area contributed by atoms with Gasteiger partial charge in [-0.1, -0.05) is 55.1 Å². The van der Waals surface area contributed by atoms with E-state index in [1.54, 1.807) is 30.3 Å². The summed E-state index contributed by atoms with van der Waals surface area (Å²) in [6.07, 6.45) is 5.37. The van der Waals surface area contributed by atoms with Crippen molar-refractivity contribution >= 4 is 50.7 Å². The quantitative estimate of drug-likeness (QED) is 0.425. The SMILES string of the molecule is CC[C@@H](C(=O)NC1CCCC1)N(Cc1ccc(Cl)cc1Cl)C(=O)CN(c1cc(C)cc(C)c1)S(C)(=O)=O. The Morgan fingerprint density at radius 3 is 2.22 bits per heavy atom. The Morgan fingerprint density at radius 2 is 1.68 bits per heavy atom. The van der Waals surface area contributed by atoms with Crippen LogP contribution in [-0.2, 0) is 26.2 Å². The van der Waals surface area contributed by atoms with Crippen LogP contribution in [-0.4, -0.2) is 50.0 Å². The van der Waals surface area contributed by atoms with E-state index < -0.39 is 28.5 Å². The summed E-state index contributed by atoms with van der Waals surface area (Å²) in [6.45, 7) is 5.17. The second-order valence-corrected chi connectivity index (χ2v) is 12.5. The first kappa shape index (κ1) is 29.3. The maximum Gasteiger partial charge on any atom is 0.244 e. The van der Waals surface area contributed by atoms with E-state index in [4.69, 9.17) is 23.2 Å². The molecule has 2 aromatic rings. The number of hydrogen-bond donors (Lipinski definition) is 1. The fourth-order valence-corrected chi connectivity index (χ4v) is 6.13. The summed E-state index contributed by atoms with van der Waals surface area (Å²) in [5, 5.41) is 3.91. The molecule has 2 amide bonds. The molecule has 202 valence electrons. The molecule has 1 aliphatic rings. The maximum atomic E-state index is 13.8. The number of amides is 2. The predicted molar refractivity (Wildman–Crippen MR) is 150 cm³/mol. The zero-order chi connectivity index (χ0) is 27.3. The second kappa shape index (κ2) is 12.5. The monoisotopic (exact) mass is 567 g/mol. The highest BCUT2D eigenvalue weighted by Gasteiger charge is 2.33. The van der Waals surface area contributed by atoms with E-state index in [2.05, 4.69) is 5.32 Å². The van der Waals surface area contributed by atoms with Crippen LogP contribution in [0.15, 0.2) is 36.4 Å². The van der Waals surface area contributed by atoms with Crippen LogP contribution in [0.3, 0.4) is 0 Å². The van der Waals surface area contributed by atoms with Crippen LogP contribution in [0.25, 0.3) is 0 Å². The first-order valence-corrected chi connectivity index (χ1v) is 15.1. The summed E-state index contributed by atoms with van der Waals surface area (Å²) in [6, 6.07) is 9.65. The Balaban J connectivity index is 1.97. The molecule has 0 saturated heterocycles. The lowest BCUT2D eigenvalue weighted by atomic mass is 10.1. The smallest absolute Gasteiger partial charge is 0.244 e. The number of halogens is 2. The molecule has 37 heavy (non-hydrogen) atoms. The number of aryl methyl sites for hydroxylation is 2. The van der Waals surface area contributed by atoms with Crippen LogP contribution in [0.1, 0.15) is 55.7 Å². The number of carbonyl (C=O) groups is 2. The lowest BCUT2D eigenvalue weighted by molar-refractivity contribution is -0.140. The van der Waals surface area contributed by atoms with E-state index in [1.807, 2.05) is 26.8 Å². The molecule has 3 rings (SSSR count). The fraction of sp³-hybridized carbons (Fsp3) is 0.481. The Morgan fingerprint density at radius 1 is 1.05 bits per heavy atom. The molecule has 10 heteroatoms. The topological polar surface area (TPSA) is 86.8 Å². The molecule has 1 atom stereocenters. The zero-order valence-electron chi connectivity index (χ0n) is 21.8. The van der Waals surface area contributed by atoms with E-state index in [9.17, 15) is 18.0 Å². The molecule has 2 aromatic carbocycles. The number of anilines is 1. The lowest BCUT2D eigenvalue weighted by Crippen LogP contribution is -2.53. The summed E-state index contributed by atoms with van der Waals surface area (Å²) in [7, 11) is -3.80. The maximum absolute atomic E-state index is 13.8. The molecule has 0 bridgehead atoms. The Hall–Kier alpha value is -2.29. The van der Waals surface area contributed by atoms with E-state index in [0.717, 1.165) is 47.4 Å². The van der Waals surface area contributed by atoms with Crippen molar-refractivity contribution in [3.05, 3.63) is 63.1 Å². The summed E-state index contributed by atoms with van der Waals surface area (Å²) in [5.74, 6) is -0.742. The number of hydrogen-bond acceptors (Lipinski definition) is 4. The van der Waals surface area contributed by atoms with E-state index in [0.29, 0.717) is 27.7 Å². The number of rotatable bonds is 10. The van der Waals surface area contributed by atoms with Crippen molar-refractivity contribution < 1.29 is 18.0 Å². The van der Waals surface area contributed by atoms with E-state index >= 15 is 0 Å². The van der Waals surface area contributed by atoms with Crippen molar-refractivity contribution in [2.75, 3.05) is 17.1 Å². The zero-order valence-corrected chi connectivity index (χ0v) is 24.1. The Kier molecular flexibility index (Phi) is 9.89. The van der Waals surface area contributed by atoms with Crippen LogP contribution in [0.2, 0.25) is 10.0 Å². The van der Waals surface area contributed by atoms with E-state index in [-0.39, 0.29) is 18.5 Å². The number of benzene rings is 2. The Labute approximate surface area is 230 Å². The summed E-state index contributed by atoms with van der Waals surface area (Å²) in [5.41, 5.74) is 2.77. The highest BCUT2D eigenvalue weighted by atomic mass is 35.5. The van der Waals surface area contributed by atoms with Gasteiger partial charge in [0.05, 0.1) is 11.9 Å². The molecule has 1 fully saturated rings. The van der Waals surface area contributed by atoms with Crippen LogP contribution >= 0.6 is 23.2 Å². The second-order valence-electron chi connectivity index (χ2n) is 9.79. The third-order valence-corrected chi connectivity index (χ3v) is 8.34.